The first-order valence-corrected chi connectivity index (χ1v) is 8.08. The second-order valence-electron chi connectivity index (χ2n) is 5.86. The lowest BCUT2D eigenvalue weighted by molar-refractivity contribution is -0.119. The van der Waals surface area contributed by atoms with Gasteiger partial charge in [-0.15, -0.1) is 0 Å². The summed E-state index contributed by atoms with van der Waals surface area (Å²) in [5.41, 5.74) is 0.822. The zero-order valence-corrected chi connectivity index (χ0v) is 13.5. The van der Waals surface area contributed by atoms with Crippen molar-refractivity contribution in [3.05, 3.63) is 42.5 Å². The van der Waals surface area contributed by atoms with Crippen molar-refractivity contribution in [2.45, 2.75) is 31.9 Å². The summed E-state index contributed by atoms with van der Waals surface area (Å²) in [7, 11) is 0. The lowest BCUT2D eigenvalue weighted by atomic mass is 10.2. The number of hydrogen-bond donors (Lipinski definition) is 2. The quantitative estimate of drug-likeness (QED) is 0.853. The fourth-order valence-corrected chi connectivity index (χ4v) is 2.64. The number of benzene rings is 1. The Balaban J connectivity index is 1.58. The number of hydrogen-bond acceptors (Lipinski definition) is 4. The molecule has 3 rings (SSSR count). The van der Waals surface area contributed by atoms with E-state index in [0.717, 1.165) is 19.4 Å². The first kappa shape index (κ1) is 16.4. The van der Waals surface area contributed by atoms with Gasteiger partial charge in [-0.1, -0.05) is 0 Å². The molecule has 0 aliphatic carbocycles. The number of ether oxygens (including phenoxy) is 1. The molecule has 2 heterocycles. The topological polar surface area (TPSA) is 68.2 Å². The molecular formula is C17H21FN4O2. The van der Waals surface area contributed by atoms with E-state index in [1.807, 2.05) is 0 Å². The van der Waals surface area contributed by atoms with Gasteiger partial charge < -0.3 is 15.4 Å². The van der Waals surface area contributed by atoms with Gasteiger partial charge in [0.05, 0.1) is 11.8 Å². The normalized spacial score (nSPS) is 18.3. The lowest BCUT2D eigenvalue weighted by Gasteiger charge is -2.15. The van der Waals surface area contributed by atoms with Crippen LogP contribution in [0, 0.1) is 5.82 Å². The van der Waals surface area contributed by atoms with Gasteiger partial charge in [0, 0.05) is 31.2 Å². The molecule has 6 nitrogen and oxygen atoms in total. The number of nitrogens with one attached hydrogen (secondary N) is 2. The molecule has 0 saturated carbocycles. The van der Waals surface area contributed by atoms with Crippen LogP contribution in [0.3, 0.4) is 0 Å². The maximum absolute atomic E-state index is 14.2. The van der Waals surface area contributed by atoms with Gasteiger partial charge >= 0.3 is 0 Å². The number of amides is 1. The highest BCUT2D eigenvalue weighted by Gasteiger charge is 2.17. The molecule has 1 amide bonds. The SMILES string of the molecule is C[C@@H](C(=O)Nc1ccc(NC[C@H]2CCCO2)c(F)c1)n1cccn1. The molecule has 1 aromatic carbocycles. The van der Waals surface area contributed by atoms with Gasteiger partial charge in [0.1, 0.15) is 11.9 Å². The Morgan fingerprint density at radius 2 is 2.42 bits per heavy atom. The molecule has 1 aliphatic rings. The van der Waals surface area contributed by atoms with Crippen LogP contribution in [0.2, 0.25) is 0 Å². The van der Waals surface area contributed by atoms with E-state index in [2.05, 4.69) is 15.7 Å². The summed E-state index contributed by atoms with van der Waals surface area (Å²) in [6, 6.07) is 5.89. The van der Waals surface area contributed by atoms with E-state index in [4.69, 9.17) is 4.74 Å². The van der Waals surface area contributed by atoms with E-state index in [0.29, 0.717) is 17.9 Å². The molecule has 2 atom stereocenters. The minimum Gasteiger partial charge on any atom is -0.380 e. The van der Waals surface area contributed by atoms with Gasteiger partial charge in [-0.2, -0.15) is 5.10 Å². The van der Waals surface area contributed by atoms with Gasteiger partial charge in [-0.25, -0.2) is 4.39 Å². The van der Waals surface area contributed by atoms with Crippen LogP contribution < -0.4 is 10.6 Å². The van der Waals surface area contributed by atoms with Crippen molar-refractivity contribution < 1.29 is 13.9 Å². The van der Waals surface area contributed by atoms with Gasteiger partial charge in [0.15, 0.2) is 0 Å². The monoisotopic (exact) mass is 332 g/mol. The van der Waals surface area contributed by atoms with Crippen LogP contribution in [-0.2, 0) is 9.53 Å². The van der Waals surface area contributed by atoms with E-state index in [1.54, 1.807) is 42.2 Å². The minimum absolute atomic E-state index is 0.138. The average Bonchev–Trinajstić information content (AvgIpc) is 3.27. The molecule has 2 aromatic rings. The van der Waals surface area contributed by atoms with E-state index in [1.165, 1.54) is 6.07 Å². The highest BCUT2D eigenvalue weighted by molar-refractivity contribution is 5.93. The van der Waals surface area contributed by atoms with E-state index in [9.17, 15) is 9.18 Å². The Kier molecular flexibility index (Phi) is 5.10. The van der Waals surface area contributed by atoms with Crippen molar-refractivity contribution in [2.24, 2.45) is 0 Å². The third kappa shape index (κ3) is 3.91. The van der Waals surface area contributed by atoms with Crippen LogP contribution in [0.15, 0.2) is 36.7 Å². The predicted octanol–water partition coefficient (Wildman–Crippen LogP) is 2.81. The zero-order chi connectivity index (χ0) is 16.9. The number of carbonyl (C=O) groups excluding carboxylic acids is 1. The Bertz CT molecular complexity index is 684. The third-order valence-corrected chi connectivity index (χ3v) is 4.08. The summed E-state index contributed by atoms with van der Waals surface area (Å²) in [6.45, 7) is 3.09. The highest BCUT2D eigenvalue weighted by atomic mass is 19.1. The predicted molar refractivity (Wildman–Crippen MR) is 89.4 cm³/mol. The number of anilines is 2. The largest absolute Gasteiger partial charge is 0.380 e. The first-order chi connectivity index (χ1) is 11.6. The molecule has 1 saturated heterocycles. The standard InChI is InChI=1S/C17H21FN4O2/c1-12(22-8-3-7-20-22)17(23)21-13-5-6-16(15(18)10-13)19-11-14-4-2-9-24-14/h3,5-8,10,12,14,19H,2,4,9,11H2,1H3,(H,21,23)/t12-,14+/m0/s1. The lowest BCUT2D eigenvalue weighted by Crippen LogP contribution is -2.24. The average molecular weight is 332 g/mol. The molecule has 1 aliphatic heterocycles. The summed E-state index contributed by atoms with van der Waals surface area (Å²) in [5.74, 6) is -0.657. The maximum Gasteiger partial charge on any atom is 0.248 e. The summed E-state index contributed by atoms with van der Waals surface area (Å²) in [6.07, 6.45) is 5.50. The summed E-state index contributed by atoms with van der Waals surface area (Å²) in [4.78, 5) is 12.2. The van der Waals surface area contributed by atoms with Crippen LogP contribution in [0.1, 0.15) is 25.8 Å². The zero-order valence-electron chi connectivity index (χ0n) is 13.5. The van der Waals surface area contributed by atoms with Crippen LogP contribution in [0.5, 0.6) is 0 Å². The first-order valence-electron chi connectivity index (χ1n) is 8.08. The smallest absolute Gasteiger partial charge is 0.248 e. The Hall–Kier alpha value is -2.41. The van der Waals surface area contributed by atoms with Crippen LogP contribution >= 0.6 is 0 Å². The van der Waals surface area contributed by atoms with E-state index in [-0.39, 0.29) is 12.0 Å². The number of rotatable bonds is 6. The van der Waals surface area contributed by atoms with Crippen LogP contribution in [0.4, 0.5) is 15.8 Å². The number of halogens is 1. The van der Waals surface area contributed by atoms with Crippen molar-refractivity contribution in [2.75, 3.05) is 23.8 Å². The molecule has 0 radical (unpaired) electrons. The minimum atomic E-state index is -0.472. The molecule has 2 N–H and O–H groups in total. The van der Waals surface area contributed by atoms with Gasteiger partial charge in [-0.05, 0) is 44.0 Å². The summed E-state index contributed by atoms with van der Waals surface area (Å²) < 4.78 is 21.2. The highest BCUT2D eigenvalue weighted by Crippen LogP contribution is 2.21. The van der Waals surface area contributed by atoms with Gasteiger partial charge in [-0.3, -0.25) is 9.48 Å². The van der Waals surface area contributed by atoms with Crippen molar-refractivity contribution in [3.8, 4) is 0 Å². The molecule has 7 heteroatoms. The molecule has 1 aromatic heterocycles. The third-order valence-electron chi connectivity index (χ3n) is 4.08. The van der Waals surface area contributed by atoms with Crippen molar-refractivity contribution in [3.63, 3.8) is 0 Å². The molecule has 0 bridgehead atoms. The summed E-state index contributed by atoms with van der Waals surface area (Å²) in [5, 5.41) is 9.79. The Labute approximate surface area is 140 Å². The molecule has 1 fully saturated rings. The molecule has 24 heavy (non-hydrogen) atoms. The summed E-state index contributed by atoms with van der Waals surface area (Å²) >= 11 is 0. The Morgan fingerprint density at radius 1 is 1.54 bits per heavy atom. The molecule has 0 spiro atoms. The maximum atomic E-state index is 14.2. The fraction of sp³-hybridized carbons (Fsp3) is 0.412. The molecular weight excluding hydrogens is 311 g/mol. The van der Waals surface area contributed by atoms with Crippen LogP contribution in [0.25, 0.3) is 0 Å². The number of carbonyl (C=O) groups is 1. The van der Waals surface area contributed by atoms with Crippen molar-refractivity contribution in [1.29, 1.82) is 0 Å². The second-order valence-corrected chi connectivity index (χ2v) is 5.86. The van der Waals surface area contributed by atoms with Crippen LogP contribution in [-0.4, -0.2) is 34.9 Å². The van der Waals surface area contributed by atoms with E-state index >= 15 is 0 Å². The van der Waals surface area contributed by atoms with Gasteiger partial charge in [0.25, 0.3) is 0 Å². The van der Waals surface area contributed by atoms with Crippen molar-refractivity contribution >= 4 is 17.3 Å². The number of nitrogens with zero attached hydrogens (tertiary/aromatic N) is 2. The number of aromatic nitrogens is 2. The van der Waals surface area contributed by atoms with E-state index < -0.39 is 11.9 Å². The van der Waals surface area contributed by atoms with Gasteiger partial charge in [0.2, 0.25) is 5.91 Å². The second kappa shape index (κ2) is 7.44. The molecule has 0 unspecified atom stereocenters. The fourth-order valence-electron chi connectivity index (χ4n) is 2.64. The Morgan fingerprint density at radius 3 is 3.08 bits per heavy atom. The van der Waals surface area contributed by atoms with Crippen molar-refractivity contribution in [1.82, 2.24) is 9.78 Å². The molecule has 128 valence electrons.